The number of amides is 1. The van der Waals surface area contributed by atoms with Crippen LogP contribution in [-0.2, 0) is 17.8 Å². The van der Waals surface area contributed by atoms with Crippen LogP contribution in [0.15, 0.2) is 24.5 Å². The summed E-state index contributed by atoms with van der Waals surface area (Å²) in [6, 6.07) is 4.54. The highest BCUT2D eigenvalue weighted by molar-refractivity contribution is 6.31. The summed E-state index contributed by atoms with van der Waals surface area (Å²) in [5, 5.41) is 0.337. The summed E-state index contributed by atoms with van der Waals surface area (Å²) in [5.74, 6) is -0.700. The Balaban J connectivity index is 1.79. The largest absolute Gasteiger partial charge is 0.348 e. The molecule has 116 valence electrons. The lowest BCUT2D eigenvalue weighted by atomic mass is 9.89. The van der Waals surface area contributed by atoms with Crippen LogP contribution in [0.25, 0.3) is 0 Å². The average Bonchev–Trinajstić information content (AvgIpc) is 2.98. The third-order valence-corrected chi connectivity index (χ3v) is 4.49. The number of hydrogen-bond acceptors (Lipinski definition) is 2. The van der Waals surface area contributed by atoms with Crippen LogP contribution in [0.3, 0.4) is 0 Å². The van der Waals surface area contributed by atoms with Crippen LogP contribution in [0, 0.1) is 5.82 Å². The first-order valence-corrected chi connectivity index (χ1v) is 7.65. The predicted molar refractivity (Wildman–Crippen MR) is 82.2 cm³/mol. The molecule has 1 heterocycles. The van der Waals surface area contributed by atoms with E-state index < -0.39 is 5.82 Å². The molecule has 1 N–H and O–H groups in total. The zero-order valence-corrected chi connectivity index (χ0v) is 13.0. The first-order valence-electron chi connectivity index (χ1n) is 7.28. The zero-order valence-electron chi connectivity index (χ0n) is 12.3. The van der Waals surface area contributed by atoms with Crippen molar-refractivity contribution in [3.8, 4) is 0 Å². The second-order valence-corrected chi connectivity index (χ2v) is 6.01. The van der Waals surface area contributed by atoms with E-state index in [2.05, 4.69) is 9.97 Å². The van der Waals surface area contributed by atoms with Crippen LogP contribution in [-0.4, -0.2) is 27.8 Å². The Morgan fingerprint density at radius 3 is 3.14 bits per heavy atom. The fourth-order valence-corrected chi connectivity index (χ4v) is 3.18. The molecule has 22 heavy (non-hydrogen) atoms. The van der Waals surface area contributed by atoms with Gasteiger partial charge in [-0.15, -0.1) is 0 Å². The Bertz CT molecular complexity index is 680. The lowest BCUT2D eigenvalue weighted by molar-refractivity contribution is -0.132. The van der Waals surface area contributed by atoms with Gasteiger partial charge in [-0.25, -0.2) is 9.37 Å². The standard InChI is InChI=1S/C16H17ClFN3O/c1-21(8-11-12(17)5-3-6-13(11)18)16(22)10-4-2-7-14-15(10)20-9-19-14/h3,5-6,9-10H,2,4,7-8H2,1H3,(H,19,20)/t10-/m0/s1. The number of halogens is 2. The number of benzene rings is 1. The lowest BCUT2D eigenvalue weighted by Gasteiger charge is -2.26. The number of carbonyl (C=O) groups is 1. The number of rotatable bonds is 3. The molecular formula is C16H17ClFN3O. The third kappa shape index (κ3) is 2.73. The summed E-state index contributed by atoms with van der Waals surface area (Å²) < 4.78 is 13.9. The maximum Gasteiger partial charge on any atom is 0.231 e. The van der Waals surface area contributed by atoms with E-state index in [0.717, 1.165) is 30.7 Å². The maximum absolute atomic E-state index is 13.9. The predicted octanol–water partition coefficient (Wildman–Crippen LogP) is 3.28. The molecule has 0 aliphatic heterocycles. The first kappa shape index (κ1) is 15.0. The Morgan fingerprint density at radius 1 is 1.55 bits per heavy atom. The molecule has 1 aliphatic rings. The number of aromatic amines is 1. The van der Waals surface area contributed by atoms with Gasteiger partial charge in [0.2, 0.25) is 5.91 Å². The third-order valence-electron chi connectivity index (χ3n) is 4.13. The number of carbonyl (C=O) groups excluding carboxylic acids is 1. The van der Waals surface area contributed by atoms with Crippen LogP contribution in [0.1, 0.15) is 35.7 Å². The van der Waals surface area contributed by atoms with Crippen molar-refractivity contribution in [2.75, 3.05) is 7.05 Å². The minimum Gasteiger partial charge on any atom is -0.348 e. The van der Waals surface area contributed by atoms with Crippen molar-refractivity contribution >= 4 is 17.5 Å². The highest BCUT2D eigenvalue weighted by atomic mass is 35.5. The van der Waals surface area contributed by atoms with Crippen molar-refractivity contribution in [2.45, 2.75) is 31.7 Å². The molecule has 3 rings (SSSR count). The number of imidazole rings is 1. The van der Waals surface area contributed by atoms with E-state index in [0.29, 0.717) is 10.6 Å². The molecule has 2 aromatic rings. The Labute approximate surface area is 133 Å². The molecule has 4 nitrogen and oxygen atoms in total. The molecular weight excluding hydrogens is 305 g/mol. The van der Waals surface area contributed by atoms with Crippen molar-refractivity contribution in [1.29, 1.82) is 0 Å². The summed E-state index contributed by atoms with van der Waals surface area (Å²) in [5.41, 5.74) is 2.20. The second-order valence-electron chi connectivity index (χ2n) is 5.61. The fourth-order valence-electron chi connectivity index (χ4n) is 2.96. The molecule has 1 atom stereocenters. The molecule has 1 aliphatic carbocycles. The van der Waals surface area contributed by atoms with Gasteiger partial charge in [0.1, 0.15) is 5.82 Å². The molecule has 0 radical (unpaired) electrons. The molecule has 0 saturated carbocycles. The van der Waals surface area contributed by atoms with E-state index in [4.69, 9.17) is 11.6 Å². The Hall–Kier alpha value is -1.88. The van der Waals surface area contributed by atoms with Crippen LogP contribution in [0.4, 0.5) is 4.39 Å². The second kappa shape index (κ2) is 6.08. The molecule has 1 amide bonds. The zero-order chi connectivity index (χ0) is 15.7. The van der Waals surface area contributed by atoms with Gasteiger partial charge < -0.3 is 9.88 Å². The first-order chi connectivity index (χ1) is 10.6. The van der Waals surface area contributed by atoms with Crippen molar-refractivity contribution in [3.63, 3.8) is 0 Å². The van der Waals surface area contributed by atoms with Gasteiger partial charge in [-0.2, -0.15) is 0 Å². The minimum absolute atomic E-state index is 0.0487. The number of hydrogen-bond donors (Lipinski definition) is 1. The van der Waals surface area contributed by atoms with Gasteiger partial charge in [0.25, 0.3) is 0 Å². The van der Waals surface area contributed by atoms with E-state index in [1.807, 2.05) is 0 Å². The quantitative estimate of drug-likeness (QED) is 0.943. The summed E-state index contributed by atoms with van der Waals surface area (Å²) in [7, 11) is 1.67. The summed E-state index contributed by atoms with van der Waals surface area (Å²) in [6.45, 7) is 0.153. The van der Waals surface area contributed by atoms with E-state index in [1.165, 1.54) is 11.0 Å². The topological polar surface area (TPSA) is 49.0 Å². The molecule has 0 fully saturated rings. The molecule has 0 unspecified atom stereocenters. The van der Waals surface area contributed by atoms with Gasteiger partial charge in [-0.3, -0.25) is 4.79 Å². The normalized spacial score (nSPS) is 17.1. The van der Waals surface area contributed by atoms with Crippen LogP contribution >= 0.6 is 11.6 Å². The number of nitrogens with one attached hydrogen (secondary N) is 1. The van der Waals surface area contributed by atoms with Gasteiger partial charge in [-0.05, 0) is 31.4 Å². The van der Waals surface area contributed by atoms with Crippen LogP contribution in [0.2, 0.25) is 5.02 Å². The van der Waals surface area contributed by atoms with Crippen LogP contribution in [0.5, 0.6) is 0 Å². The number of aryl methyl sites for hydroxylation is 1. The molecule has 1 aromatic heterocycles. The van der Waals surface area contributed by atoms with Gasteiger partial charge in [0.05, 0.1) is 17.9 Å². The van der Waals surface area contributed by atoms with Gasteiger partial charge in [0.15, 0.2) is 0 Å². The maximum atomic E-state index is 13.9. The summed E-state index contributed by atoms with van der Waals surface area (Å²) >= 11 is 6.03. The number of aromatic nitrogens is 2. The average molecular weight is 322 g/mol. The Morgan fingerprint density at radius 2 is 2.36 bits per heavy atom. The number of likely N-dealkylation sites (N-methyl/N-ethyl adjacent to an activating group) is 1. The lowest BCUT2D eigenvalue weighted by Crippen LogP contribution is -2.33. The fraction of sp³-hybridized carbons (Fsp3) is 0.375. The highest BCUT2D eigenvalue weighted by Crippen LogP contribution is 2.31. The van der Waals surface area contributed by atoms with Gasteiger partial charge in [0, 0.05) is 29.9 Å². The number of fused-ring (bicyclic) bond motifs is 1. The SMILES string of the molecule is CN(Cc1c(F)cccc1Cl)C(=O)[C@H]1CCCc2[nH]cnc21. The monoisotopic (exact) mass is 321 g/mol. The molecule has 6 heteroatoms. The van der Waals surface area contributed by atoms with E-state index in [1.54, 1.807) is 25.5 Å². The molecule has 0 spiro atoms. The van der Waals surface area contributed by atoms with Crippen molar-refractivity contribution in [3.05, 3.63) is 52.3 Å². The van der Waals surface area contributed by atoms with Crippen molar-refractivity contribution in [2.24, 2.45) is 0 Å². The highest BCUT2D eigenvalue weighted by Gasteiger charge is 2.31. The summed E-state index contributed by atoms with van der Waals surface area (Å²) in [4.78, 5) is 21.6. The molecule has 1 aromatic carbocycles. The van der Waals surface area contributed by atoms with Gasteiger partial charge in [-0.1, -0.05) is 17.7 Å². The van der Waals surface area contributed by atoms with Crippen molar-refractivity contribution in [1.82, 2.24) is 14.9 Å². The van der Waals surface area contributed by atoms with Crippen LogP contribution < -0.4 is 0 Å². The number of H-pyrrole nitrogens is 1. The van der Waals surface area contributed by atoms with Crippen molar-refractivity contribution < 1.29 is 9.18 Å². The van der Waals surface area contributed by atoms with Gasteiger partial charge >= 0.3 is 0 Å². The van der Waals surface area contributed by atoms with E-state index in [9.17, 15) is 9.18 Å². The number of nitrogens with zero attached hydrogens (tertiary/aromatic N) is 2. The molecule has 0 saturated heterocycles. The van der Waals surface area contributed by atoms with E-state index in [-0.39, 0.29) is 18.4 Å². The van der Waals surface area contributed by atoms with E-state index >= 15 is 0 Å². The smallest absolute Gasteiger partial charge is 0.231 e. The Kier molecular flexibility index (Phi) is 4.16. The summed E-state index contributed by atoms with van der Waals surface area (Å²) in [6.07, 6.45) is 4.26. The minimum atomic E-state index is -0.392. The molecule has 0 bridgehead atoms.